The largest absolute Gasteiger partial charge is 0.490 e. The van der Waals surface area contributed by atoms with Crippen molar-refractivity contribution in [2.24, 2.45) is 0 Å². The average Bonchev–Trinajstić information content (AvgIpc) is 2.23. The molecule has 1 aromatic carbocycles. The summed E-state index contributed by atoms with van der Waals surface area (Å²) in [6.45, 7) is 7.44. The molecular formula is C13H18O2S2. The van der Waals surface area contributed by atoms with Crippen molar-refractivity contribution in [2.75, 3.05) is 13.2 Å². The van der Waals surface area contributed by atoms with Crippen LogP contribution in [0.4, 0.5) is 0 Å². The van der Waals surface area contributed by atoms with Crippen LogP contribution in [0.1, 0.15) is 26.3 Å². The first-order valence-corrected chi connectivity index (χ1v) is 6.34. The molecule has 0 unspecified atom stereocenters. The molecule has 1 aromatic rings. The Balaban J connectivity index is 2.43. The third kappa shape index (κ3) is 5.41. The molecule has 0 aliphatic rings. The Bertz CT molecular complexity index is 366. The van der Waals surface area contributed by atoms with E-state index >= 15 is 0 Å². The minimum absolute atomic E-state index is 0.167. The number of rotatable bonds is 4. The van der Waals surface area contributed by atoms with Crippen LogP contribution in [0.5, 0.6) is 5.75 Å². The highest BCUT2D eigenvalue weighted by Crippen LogP contribution is 2.24. The van der Waals surface area contributed by atoms with Crippen LogP contribution in [0.3, 0.4) is 0 Å². The highest BCUT2D eigenvalue weighted by molar-refractivity contribution is 8.10. The Morgan fingerprint density at radius 2 is 1.76 bits per heavy atom. The normalized spacial score (nSPS) is 11.1. The van der Waals surface area contributed by atoms with E-state index in [2.05, 4.69) is 57.8 Å². The van der Waals surface area contributed by atoms with Gasteiger partial charge in [0.15, 0.2) is 0 Å². The second-order valence-electron chi connectivity index (χ2n) is 4.74. The highest BCUT2D eigenvalue weighted by atomic mass is 32.1. The van der Waals surface area contributed by atoms with Gasteiger partial charge < -0.3 is 9.47 Å². The van der Waals surface area contributed by atoms with Gasteiger partial charge in [-0.05, 0) is 35.3 Å². The zero-order valence-electron chi connectivity index (χ0n) is 10.4. The summed E-state index contributed by atoms with van der Waals surface area (Å²) in [4.78, 5) is 0. The van der Waals surface area contributed by atoms with Gasteiger partial charge in [-0.25, -0.2) is 0 Å². The number of thiocarbonyl (C=S) groups is 1. The van der Waals surface area contributed by atoms with E-state index in [9.17, 15) is 0 Å². The molecule has 0 spiro atoms. The maximum atomic E-state index is 5.51. The lowest BCUT2D eigenvalue weighted by Gasteiger charge is -2.19. The Hall–Kier alpha value is -0.740. The second kappa shape index (κ2) is 6.26. The molecule has 0 amide bonds. The van der Waals surface area contributed by atoms with Gasteiger partial charge in [-0.2, -0.15) is 0 Å². The lowest BCUT2D eigenvalue weighted by atomic mass is 9.87. The van der Waals surface area contributed by atoms with Gasteiger partial charge >= 0.3 is 0 Å². The van der Waals surface area contributed by atoms with E-state index in [-0.39, 0.29) is 9.80 Å². The van der Waals surface area contributed by atoms with Gasteiger partial charge in [-0.15, -0.1) is 0 Å². The fourth-order valence-electron chi connectivity index (χ4n) is 1.34. The van der Waals surface area contributed by atoms with Gasteiger partial charge in [0.1, 0.15) is 19.0 Å². The van der Waals surface area contributed by atoms with Crippen LogP contribution in [0.15, 0.2) is 24.3 Å². The smallest absolute Gasteiger partial charge is 0.216 e. The molecule has 17 heavy (non-hydrogen) atoms. The van der Waals surface area contributed by atoms with E-state index < -0.39 is 0 Å². The van der Waals surface area contributed by atoms with Crippen molar-refractivity contribution in [3.05, 3.63) is 29.8 Å². The molecule has 0 aliphatic carbocycles. The number of hydrogen-bond acceptors (Lipinski definition) is 3. The summed E-state index contributed by atoms with van der Waals surface area (Å²) in [5, 5.41) is 0. The van der Waals surface area contributed by atoms with Crippen molar-refractivity contribution in [3.8, 4) is 5.75 Å². The van der Waals surface area contributed by atoms with Crippen LogP contribution in [0.25, 0.3) is 0 Å². The van der Waals surface area contributed by atoms with Gasteiger partial charge in [0, 0.05) is 0 Å². The van der Waals surface area contributed by atoms with Crippen LogP contribution < -0.4 is 4.74 Å². The van der Waals surface area contributed by atoms with Crippen LogP contribution >= 0.6 is 24.8 Å². The zero-order chi connectivity index (χ0) is 12.9. The quantitative estimate of drug-likeness (QED) is 0.512. The molecule has 0 fully saturated rings. The predicted molar refractivity (Wildman–Crippen MR) is 78.2 cm³/mol. The lowest BCUT2D eigenvalue weighted by Crippen LogP contribution is -2.11. The summed E-state index contributed by atoms with van der Waals surface area (Å²) in [7, 11) is 0. The zero-order valence-corrected chi connectivity index (χ0v) is 12.1. The Labute approximate surface area is 114 Å². The molecule has 1 rings (SSSR count). The maximum absolute atomic E-state index is 5.51. The highest BCUT2D eigenvalue weighted by Gasteiger charge is 2.12. The summed E-state index contributed by atoms with van der Waals surface area (Å²) in [6.07, 6.45) is 0. The van der Waals surface area contributed by atoms with E-state index in [0.717, 1.165) is 5.75 Å². The van der Waals surface area contributed by atoms with Gasteiger partial charge in [-0.3, -0.25) is 0 Å². The minimum atomic E-state index is 0.167. The first kappa shape index (κ1) is 14.3. The van der Waals surface area contributed by atoms with Crippen molar-refractivity contribution in [1.29, 1.82) is 0 Å². The molecule has 0 saturated carbocycles. The van der Waals surface area contributed by atoms with E-state index in [1.54, 1.807) is 0 Å². The number of hydrogen-bond donors (Lipinski definition) is 1. The Morgan fingerprint density at radius 3 is 2.24 bits per heavy atom. The van der Waals surface area contributed by atoms with Gasteiger partial charge in [0.05, 0.1) is 0 Å². The topological polar surface area (TPSA) is 18.5 Å². The molecule has 0 heterocycles. The van der Waals surface area contributed by atoms with Crippen molar-refractivity contribution >= 4 is 29.2 Å². The molecular weight excluding hydrogens is 252 g/mol. The molecule has 4 heteroatoms. The van der Waals surface area contributed by atoms with E-state index in [1.807, 2.05) is 12.1 Å². The molecule has 0 radical (unpaired) electrons. The van der Waals surface area contributed by atoms with Gasteiger partial charge in [-0.1, -0.05) is 45.5 Å². The van der Waals surface area contributed by atoms with Crippen molar-refractivity contribution in [1.82, 2.24) is 0 Å². The molecule has 0 bridgehead atoms. The SMILES string of the molecule is CC(C)(C)c1ccc(OCCOC(=S)S)cc1. The third-order valence-electron chi connectivity index (χ3n) is 2.30. The molecule has 0 aliphatic heterocycles. The van der Waals surface area contributed by atoms with Crippen LogP contribution in [0.2, 0.25) is 0 Å². The summed E-state index contributed by atoms with van der Waals surface area (Å²) in [5.41, 5.74) is 1.46. The van der Waals surface area contributed by atoms with E-state index in [0.29, 0.717) is 13.2 Å². The molecule has 2 nitrogen and oxygen atoms in total. The summed E-state index contributed by atoms with van der Waals surface area (Å²) >= 11 is 8.53. The number of thiol groups is 1. The predicted octanol–water partition coefficient (Wildman–Crippen LogP) is 3.59. The van der Waals surface area contributed by atoms with E-state index in [4.69, 9.17) is 9.47 Å². The monoisotopic (exact) mass is 270 g/mol. The summed E-state index contributed by atoms with van der Waals surface area (Å²) < 4.78 is 10.8. The first-order chi connectivity index (χ1) is 7.89. The van der Waals surface area contributed by atoms with Gasteiger partial charge in [0.2, 0.25) is 4.38 Å². The van der Waals surface area contributed by atoms with E-state index in [1.165, 1.54) is 5.56 Å². The maximum Gasteiger partial charge on any atom is 0.216 e. The van der Waals surface area contributed by atoms with Crippen LogP contribution in [-0.4, -0.2) is 17.6 Å². The fraction of sp³-hybridized carbons (Fsp3) is 0.462. The molecule has 0 saturated heterocycles. The standard InChI is InChI=1S/C13H18O2S2/c1-13(2,3)10-4-6-11(7-5-10)14-8-9-15-12(16)17/h4-7H,8-9H2,1-3H3,(H,16,17). The Kier molecular flexibility index (Phi) is 5.28. The molecule has 0 N–H and O–H groups in total. The van der Waals surface area contributed by atoms with Crippen molar-refractivity contribution in [2.45, 2.75) is 26.2 Å². The average molecular weight is 270 g/mol. The Morgan fingerprint density at radius 1 is 1.18 bits per heavy atom. The minimum Gasteiger partial charge on any atom is -0.490 e. The summed E-state index contributed by atoms with van der Waals surface area (Å²) in [5.74, 6) is 0.840. The first-order valence-electron chi connectivity index (χ1n) is 5.48. The van der Waals surface area contributed by atoms with Crippen LogP contribution in [0, 0.1) is 0 Å². The van der Waals surface area contributed by atoms with Crippen molar-refractivity contribution in [3.63, 3.8) is 0 Å². The molecule has 0 atom stereocenters. The molecule has 0 aromatic heterocycles. The third-order valence-corrected chi connectivity index (χ3v) is 2.54. The summed E-state index contributed by atoms with van der Waals surface area (Å²) in [6, 6.07) is 8.11. The lowest BCUT2D eigenvalue weighted by molar-refractivity contribution is 0.217. The van der Waals surface area contributed by atoms with Gasteiger partial charge in [0.25, 0.3) is 0 Å². The number of benzene rings is 1. The fourth-order valence-corrected chi connectivity index (χ4v) is 1.51. The van der Waals surface area contributed by atoms with Crippen LogP contribution in [-0.2, 0) is 10.2 Å². The second-order valence-corrected chi connectivity index (χ2v) is 5.82. The van der Waals surface area contributed by atoms with Crippen molar-refractivity contribution < 1.29 is 9.47 Å². The molecule has 94 valence electrons. The number of ether oxygens (including phenoxy) is 2.